The number of nitrogens with zero attached hydrogens (tertiary/aromatic N) is 3. The molecule has 5 nitrogen and oxygen atoms in total. The van der Waals surface area contributed by atoms with Crippen molar-refractivity contribution in [1.82, 2.24) is 15.1 Å². The Balaban J connectivity index is 1.74. The van der Waals surface area contributed by atoms with Gasteiger partial charge in [-0.15, -0.1) is 0 Å². The van der Waals surface area contributed by atoms with Gasteiger partial charge in [0.25, 0.3) is 0 Å². The van der Waals surface area contributed by atoms with Crippen molar-refractivity contribution in [3.8, 4) is 6.07 Å². The molecule has 0 bridgehead atoms. The first-order valence-electron chi connectivity index (χ1n) is 6.40. The van der Waals surface area contributed by atoms with E-state index in [0.717, 1.165) is 39.0 Å². The Bertz CT molecular complexity index is 313. The van der Waals surface area contributed by atoms with Gasteiger partial charge < -0.3 is 10.2 Å². The molecule has 2 aliphatic rings. The molecule has 0 aromatic rings. The van der Waals surface area contributed by atoms with Crippen molar-refractivity contribution >= 4 is 6.03 Å². The maximum atomic E-state index is 11.9. The van der Waals surface area contributed by atoms with Crippen molar-refractivity contribution in [2.75, 3.05) is 26.2 Å². The Labute approximate surface area is 102 Å². The molecule has 1 N–H and O–H groups in total. The third-order valence-electron chi connectivity index (χ3n) is 3.77. The number of rotatable bonds is 2. The van der Waals surface area contributed by atoms with Crippen LogP contribution in [0, 0.1) is 11.3 Å². The molecular formula is C12H20N4O. The zero-order valence-electron chi connectivity index (χ0n) is 10.4. The van der Waals surface area contributed by atoms with E-state index < -0.39 is 0 Å². The summed E-state index contributed by atoms with van der Waals surface area (Å²) in [6, 6.07) is 2.66. The van der Waals surface area contributed by atoms with Crippen LogP contribution in [0.5, 0.6) is 0 Å². The van der Waals surface area contributed by atoms with E-state index in [1.54, 1.807) is 0 Å². The van der Waals surface area contributed by atoms with Crippen LogP contribution in [0.4, 0.5) is 4.79 Å². The summed E-state index contributed by atoms with van der Waals surface area (Å²) >= 11 is 0. The van der Waals surface area contributed by atoms with Crippen LogP contribution in [0.2, 0.25) is 0 Å². The molecule has 1 saturated carbocycles. The highest BCUT2D eigenvalue weighted by Gasteiger charge is 2.26. The number of amides is 2. The number of carbonyl (C=O) groups is 1. The van der Waals surface area contributed by atoms with Crippen LogP contribution in [0.1, 0.15) is 26.2 Å². The van der Waals surface area contributed by atoms with Crippen molar-refractivity contribution < 1.29 is 4.79 Å². The van der Waals surface area contributed by atoms with Crippen molar-refractivity contribution in [2.45, 2.75) is 38.3 Å². The zero-order valence-corrected chi connectivity index (χ0v) is 10.4. The van der Waals surface area contributed by atoms with Gasteiger partial charge in [-0.2, -0.15) is 5.26 Å². The molecule has 0 aromatic carbocycles. The van der Waals surface area contributed by atoms with Crippen molar-refractivity contribution in [1.29, 1.82) is 5.26 Å². The van der Waals surface area contributed by atoms with E-state index in [9.17, 15) is 4.79 Å². The fourth-order valence-corrected chi connectivity index (χ4v) is 2.21. The van der Waals surface area contributed by atoms with Gasteiger partial charge in [0, 0.05) is 32.2 Å². The van der Waals surface area contributed by atoms with Crippen LogP contribution in [-0.2, 0) is 0 Å². The summed E-state index contributed by atoms with van der Waals surface area (Å²) in [5.74, 6) is 0. The van der Waals surface area contributed by atoms with E-state index >= 15 is 0 Å². The molecule has 1 atom stereocenters. The molecule has 0 aromatic heterocycles. The largest absolute Gasteiger partial charge is 0.335 e. The summed E-state index contributed by atoms with van der Waals surface area (Å²) in [6.07, 6.45) is 3.48. The fraction of sp³-hybridized carbons (Fsp3) is 0.833. The summed E-state index contributed by atoms with van der Waals surface area (Å²) in [5, 5.41) is 11.9. The first-order chi connectivity index (χ1) is 8.20. The smallest absolute Gasteiger partial charge is 0.317 e. The van der Waals surface area contributed by atoms with Crippen LogP contribution in [0.25, 0.3) is 0 Å². The summed E-state index contributed by atoms with van der Waals surface area (Å²) in [7, 11) is 0. The van der Waals surface area contributed by atoms with E-state index in [1.807, 2.05) is 11.8 Å². The fourth-order valence-electron chi connectivity index (χ4n) is 2.21. The van der Waals surface area contributed by atoms with Crippen LogP contribution >= 0.6 is 0 Å². The molecule has 2 amide bonds. The van der Waals surface area contributed by atoms with Gasteiger partial charge >= 0.3 is 6.03 Å². The van der Waals surface area contributed by atoms with Crippen LogP contribution < -0.4 is 5.32 Å². The maximum absolute atomic E-state index is 11.9. The molecule has 17 heavy (non-hydrogen) atoms. The normalized spacial score (nSPS) is 23.6. The zero-order chi connectivity index (χ0) is 12.3. The molecular weight excluding hydrogens is 216 g/mol. The van der Waals surface area contributed by atoms with Crippen molar-refractivity contribution in [2.24, 2.45) is 0 Å². The highest BCUT2D eigenvalue weighted by atomic mass is 16.2. The average Bonchev–Trinajstić information content (AvgIpc) is 2.32. The molecule has 1 aliphatic heterocycles. The second kappa shape index (κ2) is 5.37. The van der Waals surface area contributed by atoms with E-state index in [-0.39, 0.29) is 12.1 Å². The molecule has 0 radical (unpaired) electrons. The molecule has 0 spiro atoms. The monoisotopic (exact) mass is 236 g/mol. The van der Waals surface area contributed by atoms with Gasteiger partial charge in [-0.3, -0.25) is 4.90 Å². The summed E-state index contributed by atoms with van der Waals surface area (Å²) < 4.78 is 0. The number of nitriles is 1. The molecule has 1 heterocycles. The van der Waals surface area contributed by atoms with Gasteiger partial charge in [0.15, 0.2) is 0 Å². The van der Waals surface area contributed by atoms with Crippen molar-refractivity contribution in [3.63, 3.8) is 0 Å². The van der Waals surface area contributed by atoms with E-state index in [2.05, 4.69) is 16.3 Å². The second-order valence-electron chi connectivity index (χ2n) is 4.91. The molecule has 2 fully saturated rings. The highest BCUT2D eigenvalue weighted by molar-refractivity contribution is 5.74. The lowest BCUT2D eigenvalue weighted by Gasteiger charge is -2.37. The summed E-state index contributed by atoms with van der Waals surface area (Å²) in [5.41, 5.74) is 0. The Hall–Kier alpha value is -1.28. The second-order valence-corrected chi connectivity index (χ2v) is 4.91. The Kier molecular flexibility index (Phi) is 3.85. The number of hydrogen-bond donors (Lipinski definition) is 1. The maximum Gasteiger partial charge on any atom is 0.317 e. The van der Waals surface area contributed by atoms with Gasteiger partial charge in [0.05, 0.1) is 12.1 Å². The SMILES string of the molecule is CC(C#N)N1CCN(C(=O)NC2CCC2)CC1. The number of urea groups is 1. The Morgan fingerprint density at radius 1 is 1.35 bits per heavy atom. The average molecular weight is 236 g/mol. The third kappa shape index (κ3) is 2.89. The Morgan fingerprint density at radius 3 is 2.47 bits per heavy atom. The van der Waals surface area contributed by atoms with Gasteiger partial charge in [-0.05, 0) is 26.2 Å². The molecule has 5 heteroatoms. The minimum Gasteiger partial charge on any atom is -0.335 e. The van der Waals surface area contributed by atoms with Gasteiger partial charge in [0.2, 0.25) is 0 Å². The standard InChI is InChI=1S/C12H20N4O/c1-10(9-13)15-5-7-16(8-6-15)12(17)14-11-3-2-4-11/h10-11H,2-8H2,1H3,(H,14,17). The molecule has 1 unspecified atom stereocenters. The van der Waals surface area contributed by atoms with E-state index in [1.165, 1.54) is 6.42 Å². The summed E-state index contributed by atoms with van der Waals surface area (Å²) in [6.45, 7) is 4.96. The first-order valence-corrected chi connectivity index (χ1v) is 6.40. The van der Waals surface area contributed by atoms with Gasteiger partial charge in [0.1, 0.15) is 0 Å². The van der Waals surface area contributed by atoms with E-state index in [0.29, 0.717) is 6.04 Å². The number of piperazine rings is 1. The van der Waals surface area contributed by atoms with Gasteiger partial charge in [-0.1, -0.05) is 0 Å². The minimum absolute atomic E-state index is 0.0492. The topological polar surface area (TPSA) is 59.4 Å². The quantitative estimate of drug-likeness (QED) is 0.770. The summed E-state index contributed by atoms with van der Waals surface area (Å²) in [4.78, 5) is 15.9. The van der Waals surface area contributed by atoms with E-state index in [4.69, 9.17) is 5.26 Å². The van der Waals surface area contributed by atoms with Crippen LogP contribution in [0.15, 0.2) is 0 Å². The van der Waals surface area contributed by atoms with Crippen LogP contribution in [-0.4, -0.2) is 54.1 Å². The Morgan fingerprint density at radius 2 is 2.00 bits per heavy atom. The molecule has 1 saturated heterocycles. The van der Waals surface area contributed by atoms with Crippen molar-refractivity contribution in [3.05, 3.63) is 0 Å². The molecule has 94 valence electrons. The van der Waals surface area contributed by atoms with Crippen LogP contribution in [0.3, 0.4) is 0 Å². The first kappa shape index (κ1) is 12.2. The molecule has 2 rings (SSSR count). The lowest BCUT2D eigenvalue weighted by atomic mass is 9.93. The number of carbonyl (C=O) groups excluding carboxylic acids is 1. The number of nitrogens with one attached hydrogen (secondary N) is 1. The number of hydrogen-bond acceptors (Lipinski definition) is 3. The predicted octanol–water partition coefficient (Wildman–Crippen LogP) is 0.778. The third-order valence-corrected chi connectivity index (χ3v) is 3.77. The minimum atomic E-state index is -0.0492. The predicted molar refractivity (Wildman–Crippen MR) is 64.4 cm³/mol. The highest BCUT2D eigenvalue weighted by Crippen LogP contribution is 2.18. The lowest BCUT2D eigenvalue weighted by molar-refractivity contribution is 0.124. The molecule has 1 aliphatic carbocycles. The van der Waals surface area contributed by atoms with Gasteiger partial charge in [-0.25, -0.2) is 4.79 Å². The lowest BCUT2D eigenvalue weighted by Crippen LogP contribution is -2.55.